The lowest BCUT2D eigenvalue weighted by atomic mass is 10.1. The van der Waals surface area contributed by atoms with Gasteiger partial charge in [-0.05, 0) is 36.9 Å². The molecule has 11 nitrogen and oxygen atoms in total. The summed E-state index contributed by atoms with van der Waals surface area (Å²) in [4.78, 5) is 39.7. The van der Waals surface area contributed by atoms with Gasteiger partial charge in [-0.3, -0.25) is 14.3 Å². The highest BCUT2D eigenvalue weighted by molar-refractivity contribution is 5.81. The van der Waals surface area contributed by atoms with Gasteiger partial charge in [0, 0.05) is 39.3 Å². The van der Waals surface area contributed by atoms with Crippen molar-refractivity contribution in [2.75, 3.05) is 45.1 Å². The third-order valence-corrected chi connectivity index (χ3v) is 6.68. The zero-order valence-corrected chi connectivity index (χ0v) is 21.5. The van der Waals surface area contributed by atoms with Gasteiger partial charge >= 0.3 is 17.7 Å². The van der Waals surface area contributed by atoms with Gasteiger partial charge in [0.05, 0.1) is 13.0 Å². The number of ether oxygens (including phenoxy) is 1. The Bertz CT molecular complexity index is 1250. The molecule has 3 heterocycles. The van der Waals surface area contributed by atoms with E-state index in [1.165, 1.54) is 0 Å². The van der Waals surface area contributed by atoms with Gasteiger partial charge < -0.3 is 25.5 Å². The molecule has 4 rings (SSSR count). The summed E-state index contributed by atoms with van der Waals surface area (Å²) in [5.74, 6) is -0.585. The molecule has 1 aliphatic rings. The molecule has 0 saturated carbocycles. The predicted molar refractivity (Wildman–Crippen MR) is 142 cm³/mol. The van der Waals surface area contributed by atoms with Gasteiger partial charge in [0.25, 0.3) is 0 Å². The lowest BCUT2D eigenvalue weighted by Gasteiger charge is -2.34. The van der Waals surface area contributed by atoms with Crippen molar-refractivity contribution >= 4 is 23.0 Å². The molecule has 11 heteroatoms. The van der Waals surface area contributed by atoms with Crippen LogP contribution in [0.5, 0.6) is 6.01 Å². The molecule has 37 heavy (non-hydrogen) atoms. The van der Waals surface area contributed by atoms with Crippen molar-refractivity contribution in [3.8, 4) is 6.01 Å². The number of nitrogen functional groups attached to an aromatic ring is 1. The van der Waals surface area contributed by atoms with Crippen LogP contribution >= 0.6 is 0 Å². The summed E-state index contributed by atoms with van der Waals surface area (Å²) in [7, 11) is 0. The fourth-order valence-electron chi connectivity index (χ4n) is 4.66. The molecule has 0 bridgehead atoms. The molecular formula is C26H37N7O4. The highest BCUT2D eigenvalue weighted by atomic mass is 16.5. The van der Waals surface area contributed by atoms with Crippen LogP contribution in [0.4, 0.5) is 5.82 Å². The Morgan fingerprint density at radius 2 is 1.81 bits per heavy atom. The first kappa shape index (κ1) is 26.6. The zero-order valence-electron chi connectivity index (χ0n) is 21.5. The lowest BCUT2D eigenvalue weighted by molar-refractivity contribution is -0.136. The number of anilines is 1. The van der Waals surface area contributed by atoms with Gasteiger partial charge in [-0.15, -0.1) is 0 Å². The van der Waals surface area contributed by atoms with E-state index < -0.39 is 5.97 Å². The van der Waals surface area contributed by atoms with Crippen LogP contribution < -0.4 is 16.2 Å². The largest absolute Gasteiger partial charge is 0.481 e. The Hall–Kier alpha value is -3.44. The third kappa shape index (κ3) is 7.30. The normalized spacial score (nSPS) is 14.8. The van der Waals surface area contributed by atoms with Crippen LogP contribution in [0.15, 0.2) is 29.1 Å². The minimum absolute atomic E-state index is 0.0561. The van der Waals surface area contributed by atoms with Crippen LogP contribution in [-0.2, 0) is 24.3 Å². The van der Waals surface area contributed by atoms with Crippen LogP contribution in [0, 0.1) is 0 Å². The maximum Gasteiger partial charge on any atom is 0.327 e. The molecule has 0 aliphatic carbocycles. The first-order valence-electron chi connectivity index (χ1n) is 13.1. The van der Waals surface area contributed by atoms with E-state index in [0.29, 0.717) is 24.3 Å². The topological polar surface area (TPSA) is 143 Å². The molecule has 200 valence electrons. The van der Waals surface area contributed by atoms with E-state index in [1.807, 2.05) is 18.2 Å². The van der Waals surface area contributed by atoms with Crippen molar-refractivity contribution in [1.29, 1.82) is 0 Å². The number of aryl methyl sites for hydroxylation is 1. The van der Waals surface area contributed by atoms with Gasteiger partial charge in [-0.25, -0.2) is 4.79 Å². The number of fused-ring (bicyclic) bond motifs is 1. The molecule has 0 atom stereocenters. The van der Waals surface area contributed by atoms with Crippen molar-refractivity contribution in [2.45, 2.75) is 52.1 Å². The van der Waals surface area contributed by atoms with Crippen LogP contribution in [0.1, 0.15) is 43.7 Å². The second-order valence-corrected chi connectivity index (χ2v) is 9.59. The summed E-state index contributed by atoms with van der Waals surface area (Å²) in [6, 6.07) is 8.05. The number of aromatic nitrogens is 4. The van der Waals surface area contributed by atoms with Crippen LogP contribution in [0.2, 0.25) is 0 Å². The maximum atomic E-state index is 12.5. The zero-order chi connectivity index (χ0) is 26.2. The number of nitrogens with zero attached hydrogens (tertiary/aromatic N) is 5. The first-order chi connectivity index (χ1) is 17.9. The molecule has 1 aromatic carbocycles. The number of hydrogen-bond donors (Lipinski definition) is 3. The molecule has 0 spiro atoms. The molecule has 0 radical (unpaired) electrons. The second kappa shape index (κ2) is 12.7. The van der Waals surface area contributed by atoms with Gasteiger partial charge in [0.15, 0.2) is 11.5 Å². The second-order valence-electron chi connectivity index (χ2n) is 9.59. The van der Waals surface area contributed by atoms with E-state index in [0.717, 1.165) is 76.1 Å². The minimum Gasteiger partial charge on any atom is -0.481 e. The Balaban J connectivity index is 1.23. The standard InChI is InChI=1S/C26H37N7O4/c1-2-3-15-37-25-29-23(27)22-24(30-25)33(26(36)28-22)10-5-4-9-31-11-13-32(14-12-31)18-20-8-6-7-19(16-20)17-21(34)35/h6-8,16H,2-5,9-15,17-18H2,1H3,(H,28,36)(H,34,35)(H2,27,29,30). The molecule has 1 fully saturated rings. The smallest absolute Gasteiger partial charge is 0.327 e. The van der Waals surface area contributed by atoms with E-state index in [1.54, 1.807) is 4.57 Å². The van der Waals surface area contributed by atoms with Gasteiger partial charge in [-0.2, -0.15) is 9.97 Å². The van der Waals surface area contributed by atoms with Gasteiger partial charge in [-0.1, -0.05) is 37.6 Å². The van der Waals surface area contributed by atoms with Gasteiger partial charge in [0.2, 0.25) is 0 Å². The van der Waals surface area contributed by atoms with E-state index >= 15 is 0 Å². The number of carbonyl (C=O) groups is 1. The number of piperazine rings is 1. The summed E-state index contributed by atoms with van der Waals surface area (Å²) in [5.41, 5.74) is 8.74. The van der Waals surface area contributed by atoms with Crippen molar-refractivity contribution in [2.24, 2.45) is 0 Å². The van der Waals surface area contributed by atoms with Crippen LogP contribution in [-0.4, -0.2) is 79.7 Å². The number of nitrogens with two attached hydrogens (primary N) is 1. The number of carboxylic acid groups (broad SMARTS) is 1. The average molecular weight is 512 g/mol. The number of rotatable bonds is 13. The predicted octanol–water partition coefficient (Wildman–Crippen LogP) is 2.11. The molecule has 1 saturated heterocycles. The molecular weight excluding hydrogens is 474 g/mol. The number of carboxylic acids is 1. The lowest BCUT2D eigenvalue weighted by Crippen LogP contribution is -2.46. The number of imidazole rings is 1. The van der Waals surface area contributed by atoms with E-state index in [9.17, 15) is 9.59 Å². The Kier molecular flexibility index (Phi) is 9.13. The molecule has 3 aromatic rings. The number of H-pyrrole nitrogens is 1. The monoisotopic (exact) mass is 511 g/mol. The summed E-state index contributed by atoms with van der Waals surface area (Å²) in [6.45, 7) is 8.88. The highest BCUT2D eigenvalue weighted by Crippen LogP contribution is 2.18. The molecule has 2 aromatic heterocycles. The number of nitrogens with one attached hydrogen (secondary N) is 1. The fourth-order valence-corrected chi connectivity index (χ4v) is 4.66. The number of unbranched alkanes of at least 4 members (excludes halogenated alkanes) is 2. The van der Waals surface area contributed by atoms with Gasteiger partial charge in [0.1, 0.15) is 5.52 Å². The number of aliphatic carboxylic acids is 1. The fraction of sp³-hybridized carbons (Fsp3) is 0.538. The van der Waals surface area contributed by atoms with Crippen LogP contribution in [0.3, 0.4) is 0 Å². The number of hydrogen-bond acceptors (Lipinski definition) is 8. The maximum absolute atomic E-state index is 12.5. The molecule has 4 N–H and O–H groups in total. The number of benzene rings is 1. The Morgan fingerprint density at radius 3 is 2.57 bits per heavy atom. The Labute approximate surface area is 216 Å². The van der Waals surface area contributed by atoms with E-state index in [2.05, 4.69) is 37.7 Å². The highest BCUT2D eigenvalue weighted by Gasteiger charge is 2.18. The SMILES string of the molecule is CCCCOc1nc(N)c2[nH]c(=O)n(CCCCN3CCN(Cc4cccc(CC(=O)O)c4)CC3)c2n1. The van der Waals surface area contributed by atoms with E-state index in [4.69, 9.17) is 15.6 Å². The molecule has 0 amide bonds. The average Bonchev–Trinajstić information content (AvgIpc) is 3.18. The quantitative estimate of drug-likeness (QED) is 0.294. The van der Waals surface area contributed by atoms with Crippen LogP contribution in [0.25, 0.3) is 11.2 Å². The first-order valence-corrected chi connectivity index (χ1v) is 13.1. The van der Waals surface area contributed by atoms with E-state index in [-0.39, 0.29) is 23.9 Å². The van der Waals surface area contributed by atoms with Crippen molar-refractivity contribution in [1.82, 2.24) is 29.3 Å². The summed E-state index contributed by atoms with van der Waals surface area (Å²) < 4.78 is 7.23. The van der Waals surface area contributed by atoms with Crippen molar-refractivity contribution < 1.29 is 14.6 Å². The minimum atomic E-state index is -0.807. The molecule has 1 aliphatic heterocycles. The Morgan fingerprint density at radius 1 is 1.08 bits per heavy atom. The summed E-state index contributed by atoms with van der Waals surface area (Å²) in [5, 5.41) is 9.02. The van der Waals surface area contributed by atoms with Crippen molar-refractivity contribution in [3.63, 3.8) is 0 Å². The third-order valence-electron chi connectivity index (χ3n) is 6.68. The summed E-state index contributed by atoms with van der Waals surface area (Å²) in [6.07, 6.45) is 3.77. The molecule has 0 unspecified atom stereocenters. The van der Waals surface area contributed by atoms with Crippen molar-refractivity contribution in [3.05, 3.63) is 45.9 Å². The number of aromatic amines is 1. The summed E-state index contributed by atoms with van der Waals surface area (Å²) >= 11 is 0.